The average molecular weight is 342 g/mol. The Balaban J connectivity index is 2.21. The molecule has 108 valence electrons. The van der Waals surface area contributed by atoms with Gasteiger partial charge in [0.1, 0.15) is 0 Å². The molecule has 1 fully saturated rings. The van der Waals surface area contributed by atoms with Crippen LogP contribution >= 0.6 is 15.9 Å². The molecule has 6 nitrogen and oxygen atoms in total. The lowest BCUT2D eigenvalue weighted by atomic mass is 10.0. The van der Waals surface area contributed by atoms with Gasteiger partial charge in [0.2, 0.25) is 0 Å². The summed E-state index contributed by atoms with van der Waals surface area (Å²) in [6.07, 6.45) is 0.871. The Kier molecular flexibility index (Phi) is 4.39. The van der Waals surface area contributed by atoms with Gasteiger partial charge in [0.25, 0.3) is 11.6 Å². The third-order valence-corrected chi connectivity index (χ3v) is 4.34. The van der Waals surface area contributed by atoms with Crippen LogP contribution in [-0.4, -0.2) is 34.9 Å². The van der Waals surface area contributed by atoms with Crippen LogP contribution in [0.2, 0.25) is 0 Å². The predicted molar refractivity (Wildman–Crippen MR) is 78.5 cm³/mol. The summed E-state index contributed by atoms with van der Waals surface area (Å²) in [7, 11) is 0. The van der Waals surface area contributed by atoms with Crippen molar-refractivity contribution in [3.8, 4) is 0 Å². The maximum atomic E-state index is 12.4. The first-order chi connectivity index (χ1) is 9.40. The standard InChI is InChI=1S/C13H16BrN3O3/c1-8(15)9-4-5-16(7-9)13(18)11-6-10(17(19)20)2-3-12(11)14/h2-3,6,8-9H,4-5,7,15H2,1H3. The first-order valence-corrected chi connectivity index (χ1v) is 7.18. The van der Waals surface area contributed by atoms with Crippen molar-refractivity contribution in [1.82, 2.24) is 4.90 Å². The third-order valence-electron chi connectivity index (χ3n) is 3.65. The highest BCUT2D eigenvalue weighted by Gasteiger charge is 2.30. The van der Waals surface area contributed by atoms with E-state index in [2.05, 4.69) is 15.9 Å². The lowest BCUT2D eigenvalue weighted by Crippen LogP contribution is -2.33. The Bertz CT molecular complexity index is 548. The van der Waals surface area contributed by atoms with Gasteiger partial charge in [0, 0.05) is 35.7 Å². The number of rotatable bonds is 3. The summed E-state index contributed by atoms with van der Waals surface area (Å²) >= 11 is 3.28. The quantitative estimate of drug-likeness (QED) is 0.673. The van der Waals surface area contributed by atoms with E-state index in [0.717, 1.165) is 6.42 Å². The van der Waals surface area contributed by atoms with E-state index < -0.39 is 4.92 Å². The fourth-order valence-corrected chi connectivity index (χ4v) is 2.78. The van der Waals surface area contributed by atoms with Crippen LogP contribution in [0.5, 0.6) is 0 Å². The van der Waals surface area contributed by atoms with Crippen LogP contribution in [0.1, 0.15) is 23.7 Å². The molecule has 1 aliphatic heterocycles. The van der Waals surface area contributed by atoms with Crippen LogP contribution < -0.4 is 5.73 Å². The van der Waals surface area contributed by atoms with Crippen molar-refractivity contribution in [2.24, 2.45) is 11.7 Å². The molecular formula is C13H16BrN3O3. The molecule has 1 aliphatic rings. The van der Waals surface area contributed by atoms with Gasteiger partial charge in [0.05, 0.1) is 10.5 Å². The van der Waals surface area contributed by atoms with Gasteiger partial charge in [-0.1, -0.05) is 0 Å². The molecule has 0 aliphatic carbocycles. The van der Waals surface area contributed by atoms with Gasteiger partial charge in [-0.25, -0.2) is 0 Å². The molecule has 2 atom stereocenters. The van der Waals surface area contributed by atoms with E-state index in [9.17, 15) is 14.9 Å². The molecule has 1 aromatic carbocycles. The zero-order chi connectivity index (χ0) is 14.9. The highest BCUT2D eigenvalue weighted by atomic mass is 79.9. The molecule has 1 amide bonds. The van der Waals surface area contributed by atoms with Gasteiger partial charge >= 0.3 is 0 Å². The van der Waals surface area contributed by atoms with Gasteiger partial charge in [-0.05, 0) is 41.3 Å². The summed E-state index contributed by atoms with van der Waals surface area (Å²) in [5.74, 6) is 0.0974. The number of likely N-dealkylation sites (tertiary alicyclic amines) is 1. The second kappa shape index (κ2) is 5.88. The number of nitro groups is 1. The van der Waals surface area contributed by atoms with Crippen molar-refractivity contribution < 1.29 is 9.72 Å². The number of hydrogen-bond acceptors (Lipinski definition) is 4. The van der Waals surface area contributed by atoms with Gasteiger partial charge < -0.3 is 10.6 Å². The molecule has 0 spiro atoms. The van der Waals surface area contributed by atoms with E-state index in [1.807, 2.05) is 6.92 Å². The van der Waals surface area contributed by atoms with Crippen molar-refractivity contribution in [2.75, 3.05) is 13.1 Å². The molecule has 2 N–H and O–H groups in total. The number of hydrogen-bond donors (Lipinski definition) is 1. The number of nitrogens with two attached hydrogens (primary N) is 1. The summed E-state index contributed by atoms with van der Waals surface area (Å²) in [4.78, 5) is 24.4. The molecule has 1 saturated heterocycles. The van der Waals surface area contributed by atoms with Gasteiger partial charge in [0.15, 0.2) is 0 Å². The van der Waals surface area contributed by atoms with Crippen LogP contribution in [0.3, 0.4) is 0 Å². The summed E-state index contributed by atoms with van der Waals surface area (Å²) < 4.78 is 0.567. The number of nitrogens with zero attached hydrogens (tertiary/aromatic N) is 2. The second-order valence-electron chi connectivity index (χ2n) is 5.08. The maximum absolute atomic E-state index is 12.4. The number of nitro benzene ring substituents is 1. The van der Waals surface area contributed by atoms with Crippen molar-refractivity contribution in [2.45, 2.75) is 19.4 Å². The highest BCUT2D eigenvalue weighted by Crippen LogP contribution is 2.27. The maximum Gasteiger partial charge on any atom is 0.270 e. The van der Waals surface area contributed by atoms with Gasteiger partial charge in [-0.15, -0.1) is 0 Å². The number of carbonyl (C=O) groups is 1. The summed E-state index contributed by atoms with van der Waals surface area (Å²) in [6, 6.07) is 4.26. The van der Waals surface area contributed by atoms with E-state index in [0.29, 0.717) is 23.1 Å². The number of non-ortho nitro benzene ring substituents is 1. The number of benzene rings is 1. The van der Waals surface area contributed by atoms with E-state index in [-0.39, 0.29) is 23.6 Å². The zero-order valence-corrected chi connectivity index (χ0v) is 12.7. The minimum Gasteiger partial charge on any atom is -0.338 e. The molecule has 0 saturated carbocycles. The Hall–Kier alpha value is -1.47. The second-order valence-corrected chi connectivity index (χ2v) is 5.93. The Morgan fingerprint density at radius 1 is 1.60 bits per heavy atom. The molecule has 7 heteroatoms. The van der Waals surface area contributed by atoms with E-state index in [1.54, 1.807) is 4.90 Å². The average Bonchev–Trinajstić information content (AvgIpc) is 2.88. The summed E-state index contributed by atoms with van der Waals surface area (Å²) in [5, 5.41) is 10.8. The monoisotopic (exact) mass is 341 g/mol. The highest BCUT2D eigenvalue weighted by molar-refractivity contribution is 9.10. The molecule has 2 rings (SSSR count). The largest absolute Gasteiger partial charge is 0.338 e. The predicted octanol–water partition coefficient (Wildman–Crippen LogP) is 2.17. The van der Waals surface area contributed by atoms with Gasteiger partial charge in [-0.2, -0.15) is 0 Å². The van der Waals surface area contributed by atoms with Crippen molar-refractivity contribution in [3.63, 3.8) is 0 Å². The first kappa shape index (κ1) is 14.9. The summed E-state index contributed by atoms with van der Waals surface area (Å²) in [5.41, 5.74) is 6.10. The number of amides is 1. The SMILES string of the molecule is CC(N)C1CCN(C(=O)c2cc([N+](=O)[O-])ccc2Br)C1. The van der Waals surface area contributed by atoms with Crippen molar-refractivity contribution in [1.29, 1.82) is 0 Å². The molecule has 0 bridgehead atoms. The first-order valence-electron chi connectivity index (χ1n) is 6.39. The van der Waals surface area contributed by atoms with Crippen LogP contribution in [0.4, 0.5) is 5.69 Å². The molecule has 0 aromatic heterocycles. The lowest BCUT2D eigenvalue weighted by Gasteiger charge is -2.18. The Morgan fingerprint density at radius 2 is 2.30 bits per heavy atom. The third kappa shape index (κ3) is 2.99. The van der Waals surface area contributed by atoms with Crippen LogP contribution in [-0.2, 0) is 0 Å². The molecule has 20 heavy (non-hydrogen) atoms. The fraction of sp³-hybridized carbons (Fsp3) is 0.462. The van der Waals surface area contributed by atoms with Crippen molar-refractivity contribution >= 4 is 27.5 Å². The topological polar surface area (TPSA) is 89.5 Å². The minimum atomic E-state index is -0.502. The molecule has 2 unspecified atom stereocenters. The van der Waals surface area contributed by atoms with E-state index in [1.165, 1.54) is 18.2 Å². The van der Waals surface area contributed by atoms with Crippen LogP contribution in [0.25, 0.3) is 0 Å². The Morgan fingerprint density at radius 3 is 2.85 bits per heavy atom. The molecule has 1 heterocycles. The van der Waals surface area contributed by atoms with Crippen LogP contribution in [0, 0.1) is 16.0 Å². The number of carbonyl (C=O) groups excluding carboxylic acids is 1. The van der Waals surface area contributed by atoms with Crippen LogP contribution in [0.15, 0.2) is 22.7 Å². The Labute approximate surface area is 125 Å². The lowest BCUT2D eigenvalue weighted by molar-refractivity contribution is -0.384. The minimum absolute atomic E-state index is 0.0429. The molecular weight excluding hydrogens is 326 g/mol. The smallest absolute Gasteiger partial charge is 0.270 e. The number of halogens is 1. The van der Waals surface area contributed by atoms with E-state index >= 15 is 0 Å². The molecule has 1 aromatic rings. The summed E-state index contributed by atoms with van der Waals surface area (Å²) in [6.45, 7) is 3.17. The zero-order valence-electron chi connectivity index (χ0n) is 11.1. The molecule has 0 radical (unpaired) electrons. The normalized spacial score (nSPS) is 19.9. The van der Waals surface area contributed by atoms with Crippen molar-refractivity contribution in [3.05, 3.63) is 38.3 Å². The fourth-order valence-electron chi connectivity index (χ4n) is 2.36. The van der Waals surface area contributed by atoms with E-state index in [4.69, 9.17) is 5.73 Å². The van der Waals surface area contributed by atoms with Gasteiger partial charge in [-0.3, -0.25) is 14.9 Å².